The summed E-state index contributed by atoms with van der Waals surface area (Å²) in [5.41, 5.74) is 6.93. The maximum atomic E-state index is 12.6. The minimum Gasteiger partial charge on any atom is -0.468 e. The molecule has 1 fully saturated rings. The number of hydrogen-bond donors (Lipinski definition) is 1. The number of hydrogen-bond acceptors (Lipinski definition) is 5. The highest BCUT2D eigenvalue weighted by Crippen LogP contribution is 2.28. The smallest absolute Gasteiger partial charge is 0.324 e. The van der Waals surface area contributed by atoms with Crippen molar-refractivity contribution in [2.24, 2.45) is 0 Å². The SMILES string of the molecule is COC(=O)C1CCCN1S(=O)(=O)c1ccc(N)c(C)c1. The van der Waals surface area contributed by atoms with Gasteiger partial charge in [-0.25, -0.2) is 8.42 Å². The van der Waals surface area contributed by atoms with Gasteiger partial charge in [-0.05, 0) is 43.5 Å². The monoisotopic (exact) mass is 298 g/mol. The summed E-state index contributed by atoms with van der Waals surface area (Å²) in [6.07, 6.45) is 1.13. The van der Waals surface area contributed by atoms with E-state index in [9.17, 15) is 13.2 Å². The molecule has 1 aromatic carbocycles. The Kier molecular flexibility index (Phi) is 4.01. The Labute approximate surface area is 118 Å². The minimum absolute atomic E-state index is 0.153. The van der Waals surface area contributed by atoms with Crippen LogP contribution >= 0.6 is 0 Å². The van der Waals surface area contributed by atoms with Crippen molar-refractivity contribution in [1.82, 2.24) is 4.31 Å². The molecule has 1 atom stereocenters. The molecular formula is C13H18N2O4S. The number of esters is 1. The Bertz CT molecular complexity index is 627. The van der Waals surface area contributed by atoms with E-state index < -0.39 is 22.0 Å². The van der Waals surface area contributed by atoms with Crippen LogP contribution in [-0.2, 0) is 19.6 Å². The minimum atomic E-state index is -3.71. The van der Waals surface area contributed by atoms with Gasteiger partial charge in [-0.1, -0.05) is 0 Å². The van der Waals surface area contributed by atoms with Crippen molar-refractivity contribution in [1.29, 1.82) is 0 Å². The van der Waals surface area contributed by atoms with E-state index in [-0.39, 0.29) is 4.90 Å². The second-order valence-corrected chi connectivity index (χ2v) is 6.71. The molecule has 2 rings (SSSR count). The highest BCUT2D eigenvalue weighted by Gasteiger charge is 2.40. The van der Waals surface area contributed by atoms with E-state index in [0.29, 0.717) is 30.6 Å². The number of aryl methyl sites for hydroxylation is 1. The number of carbonyl (C=O) groups is 1. The van der Waals surface area contributed by atoms with Crippen molar-refractivity contribution >= 4 is 21.7 Å². The lowest BCUT2D eigenvalue weighted by molar-refractivity contribution is -0.144. The fraction of sp³-hybridized carbons (Fsp3) is 0.462. The van der Waals surface area contributed by atoms with Crippen LogP contribution in [0.2, 0.25) is 0 Å². The van der Waals surface area contributed by atoms with Gasteiger partial charge in [0.05, 0.1) is 12.0 Å². The van der Waals surface area contributed by atoms with Gasteiger partial charge in [0.25, 0.3) is 0 Å². The standard InChI is InChI=1S/C13H18N2O4S/c1-9-8-10(5-6-11(9)14)20(17,18)15-7-3-4-12(15)13(16)19-2/h5-6,8,12H,3-4,7,14H2,1-2H3. The van der Waals surface area contributed by atoms with E-state index >= 15 is 0 Å². The van der Waals surface area contributed by atoms with Gasteiger partial charge in [-0.2, -0.15) is 4.31 Å². The molecular weight excluding hydrogens is 280 g/mol. The highest BCUT2D eigenvalue weighted by atomic mass is 32.2. The predicted molar refractivity (Wildman–Crippen MR) is 74.5 cm³/mol. The van der Waals surface area contributed by atoms with Gasteiger partial charge in [0.1, 0.15) is 6.04 Å². The molecule has 0 radical (unpaired) electrons. The summed E-state index contributed by atoms with van der Waals surface area (Å²) in [4.78, 5) is 11.8. The number of benzene rings is 1. The molecule has 0 bridgehead atoms. The Hall–Kier alpha value is -1.60. The maximum absolute atomic E-state index is 12.6. The van der Waals surface area contributed by atoms with Crippen LogP contribution in [-0.4, -0.2) is 38.4 Å². The zero-order valence-electron chi connectivity index (χ0n) is 11.5. The van der Waals surface area contributed by atoms with E-state index in [2.05, 4.69) is 4.74 Å². The molecule has 0 amide bonds. The number of ether oxygens (including phenoxy) is 1. The second kappa shape index (κ2) is 5.41. The summed E-state index contributed by atoms with van der Waals surface area (Å²) in [5.74, 6) is -0.516. The summed E-state index contributed by atoms with van der Waals surface area (Å²) in [6, 6.07) is 3.82. The first-order valence-corrected chi connectivity index (χ1v) is 7.77. The highest BCUT2D eigenvalue weighted by molar-refractivity contribution is 7.89. The molecule has 1 unspecified atom stereocenters. The van der Waals surface area contributed by atoms with Gasteiger partial charge >= 0.3 is 5.97 Å². The van der Waals surface area contributed by atoms with Crippen molar-refractivity contribution in [3.05, 3.63) is 23.8 Å². The van der Waals surface area contributed by atoms with Crippen molar-refractivity contribution in [3.63, 3.8) is 0 Å². The lowest BCUT2D eigenvalue weighted by Gasteiger charge is -2.22. The topological polar surface area (TPSA) is 89.7 Å². The third kappa shape index (κ3) is 2.51. The first kappa shape index (κ1) is 14.8. The molecule has 1 aliphatic heterocycles. The molecule has 1 aromatic rings. The Morgan fingerprint density at radius 3 is 2.75 bits per heavy atom. The van der Waals surface area contributed by atoms with E-state index in [1.165, 1.54) is 23.5 Å². The summed E-state index contributed by atoms with van der Waals surface area (Å²) in [6.45, 7) is 2.07. The molecule has 0 aromatic heterocycles. The molecule has 20 heavy (non-hydrogen) atoms. The summed E-state index contributed by atoms with van der Waals surface area (Å²) < 4.78 is 31.1. The lowest BCUT2D eigenvalue weighted by Crippen LogP contribution is -2.41. The fourth-order valence-corrected chi connectivity index (χ4v) is 4.08. The third-order valence-corrected chi connectivity index (χ3v) is 5.43. The fourth-order valence-electron chi connectivity index (χ4n) is 2.34. The van der Waals surface area contributed by atoms with Crippen molar-refractivity contribution in [2.75, 3.05) is 19.4 Å². The Morgan fingerprint density at radius 2 is 2.15 bits per heavy atom. The molecule has 7 heteroatoms. The quantitative estimate of drug-likeness (QED) is 0.661. The average molecular weight is 298 g/mol. The largest absolute Gasteiger partial charge is 0.468 e. The molecule has 1 aliphatic rings. The first-order chi connectivity index (χ1) is 9.37. The molecule has 1 saturated heterocycles. The molecule has 6 nitrogen and oxygen atoms in total. The van der Waals surface area contributed by atoms with Crippen molar-refractivity contribution < 1.29 is 17.9 Å². The summed E-state index contributed by atoms with van der Waals surface area (Å²) in [7, 11) is -2.44. The van der Waals surface area contributed by atoms with Gasteiger partial charge < -0.3 is 10.5 Å². The van der Waals surface area contributed by atoms with Crippen LogP contribution in [0.1, 0.15) is 18.4 Å². The second-order valence-electron chi connectivity index (χ2n) is 4.82. The average Bonchev–Trinajstić information content (AvgIpc) is 2.90. The zero-order valence-corrected chi connectivity index (χ0v) is 12.3. The maximum Gasteiger partial charge on any atom is 0.324 e. The molecule has 0 spiro atoms. The van der Waals surface area contributed by atoms with Crippen LogP contribution in [0, 0.1) is 6.92 Å². The van der Waals surface area contributed by atoms with Gasteiger partial charge in [0, 0.05) is 12.2 Å². The van der Waals surface area contributed by atoms with Gasteiger partial charge in [-0.15, -0.1) is 0 Å². The lowest BCUT2D eigenvalue weighted by atomic mass is 10.2. The van der Waals surface area contributed by atoms with E-state index in [4.69, 9.17) is 5.73 Å². The Morgan fingerprint density at radius 1 is 1.45 bits per heavy atom. The van der Waals surface area contributed by atoms with Crippen LogP contribution < -0.4 is 5.73 Å². The van der Waals surface area contributed by atoms with Gasteiger partial charge in [0.2, 0.25) is 10.0 Å². The van der Waals surface area contributed by atoms with E-state index in [1.54, 1.807) is 13.0 Å². The number of carbonyl (C=O) groups excluding carboxylic acids is 1. The molecule has 0 aliphatic carbocycles. The molecule has 110 valence electrons. The first-order valence-electron chi connectivity index (χ1n) is 6.33. The predicted octanol–water partition coefficient (Wildman–Crippen LogP) is 0.903. The number of nitrogen functional groups attached to an aromatic ring is 1. The normalized spacial score (nSPS) is 20.0. The molecule has 1 heterocycles. The van der Waals surface area contributed by atoms with Crippen LogP contribution in [0.5, 0.6) is 0 Å². The van der Waals surface area contributed by atoms with Crippen LogP contribution in [0.3, 0.4) is 0 Å². The number of anilines is 1. The van der Waals surface area contributed by atoms with Crippen molar-refractivity contribution in [3.8, 4) is 0 Å². The molecule has 2 N–H and O–H groups in total. The third-order valence-electron chi connectivity index (χ3n) is 3.52. The van der Waals surface area contributed by atoms with Gasteiger partial charge in [-0.3, -0.25) is 4.79 Å². The Balaban J connectivity index is 2.38. The van der Waals surface area contributed by atoms with E-state index in [0.717, 1.165) is 0 Å². The number of rotatable bonds is 3. The summed E-state index contributed by atoms with van der Waals surface area (Å²) in [5, 5.41) is 0. The van der Waals surface area contributed by atoms with Gasteiger partial charge in [0.15, 0.2) is 0 Å². The number of nitrogens with two attached hydrogens (primary N) is 1. The van der Waals surface area contributed by atoms with E-state index in [1.807, 2.05) is 0 Å². The molecule has 0 saturated carbocycles. The zero-order chi connectivity index (χ0) is 14.9. The number of nitrogens with zero attached hydrogens (tertiary/aromatic N) is 1. The van der Waals surface area contributed by atoms with Crippen LogP contribution in [0.4, 0.5) is 5.69 Å². The number of methoxy groups -OCH3 is 1. The number of sulfonamides is 1. The van der Waals surface area contributed by atoms with Crippen LogP contribution in [0.15, 0.2) is 23.1 Å². The summed E-state index contributed by atoms with van der Waals surface area (Å²) >= 11 is 0. The van der Waals surface area contributed by atoms with Crippen LogP contribution in [0.25, 0.3) is 0 Å². The van der Waals surface area contributed by atoms with Crippen molar-refractivity contribution in [2.45, 2.75) is 30.7 Å².